The van der Waals surface area contributed by atoms with E-state index in [2.05, 4.69) is 15.2 Å². The highest BCUT2D eigenvalue weighted by Gasteiger charge is 2.30. The molecule has 0 saturated heterocycles. The number of nitrogens with zero attached hydrogens (tertiary/aromatic N) is 4. The predicted octanol–water partition coefficient (Wildman–Crippen LogP) is 1.61. The van der Waals surface area contributed by atoms with Gasteiger partial charge in [0.1, 0.15) is 0 Å². The Kier molecular flexibility index (Phi) is 3.70. The second kappa shape index (κ2) is 5.66. The largest absolute Gasteiger partial charge is 0.480 e. The van der Waals surface area contributed by atoms with Gasteiger partial charge in [-0.2, -0.15) is 5.10 Å². The number of hydrogen-bond acceptors (Lipinski definition) is 6. The van der Waals surface area contributed by atoms with Crippen molar-refractivity contribution in [3.05, 3.63) is 35.2 Å². The lowest BCUT2D eigenvalue weighted by atomic mass is 10.1. The molecule has 2 aromatic rings. The summed E-state index contributed by atoms with van der Waals surface area (Å²) in [6.07, 6.45) is -1.53. The van der Waals surface area contributed by atoms with E-state index in [4.69, 9.17) is 9.15 Å². The monoisotopic (exact) mass is 310 g/mol. The third-order valence-electron chi connectivity index (χ3n) is 3.41. The maximum absolute atomic E-state index is 12.8. The van der Waals surface area contributed by atoms with Gasteiger partial charge in [0.15, 0.2) is 12.1 Å². The molecular weight excluding hydrogens is 298 g/mol. The van der Waals surface area contributed by atoms with Crippen LogP contribution in [0.2, 0.25) is 0 Å². The van der Waals surface area contributed by atoms with Crippen molar-refractivity contribution in [2.45, 2.75) is 19.4 Å². The van der Waals surface area contributed by atoms with E-state index in [1.54, 1.807) is 6.07 Å². The summed E-state index contributed by atoms with van der Waals surface area (Å²) in [5.74, 6) is -0.706. The van der Waals surface area contributed by atoms with Gasteiger partial charge in [-0.25, -0.2) is 13.8 Å². The average molecular weight is 310 g/mol. The second-order valence-corrected chi connectivity index (χ2v) is 4.70. The molecule has 0 aliphatic carbocycles. The minimum Gasteiger partial charge on any atom is -0.480 e. The van der Waals surface area contributed by atoms with E-state index in [9.17, 15) is 13.6 Å². The minimum atomic E-state index is -2.86. The van der Waals surface area contributed by atoms with Crippen molar-refractivity contribution in [1.82, 2.24) is 20.1 Å². The SMILES string of the molecule is COc1cc2c(nn1)CCN(C(=O)c1ocnc1C(F)F)C2. The van der Waals surface area contributed by atoms with Crippen molar-refractivity contribution >= 4 is 5.91 Å². The van der Waals surface area contributed by atoms with Crippen molar-refractivity contribution < 1.29 is 22.7 Å². The molecule has 1 aliphatic heterocycles. The van der Waals surface area contributed by atoms with E-state index in [1.165, 1.54) is 12.0 Å². The summed E-state index contributed by atoms with van der Waals surface area (Å²) in [4.78, 5) is 17.2. The number of rotatable bonds is 3. The number of amides is 1. The number of methoxy groups -OCH3 is 1. The van der Waals surface area contributed by atoms with Crippen molar-refractivity contribution in [1.29, 1.82) is 0 Å². The highest BCUT2D eigenvalue weighted by molar-refractivity contribution is 5.92. The quantitative estimate of drug-likeness (QED) is 0.856. The van der Waals surface area contributed by atoms with Crippen molar-refractivity contribution in [2.75, 3.05) is 13.7 Å². The number of hydrogen-bond donors (Lipinski definition) is 0. The summed E-state index contributed by atoms with van der Waals surface area (Å²) in [7, 11) is 1.46. The number of carbonyl (C=O) groups is 1. The number of ether oxygens (including phenoxy) is 1. The second-order valence-electron chi connectivity index (χ2n) is 4.70. The van der Waals surface area contributed by atoms with Gasteiger partial charge in [0.2, 0.25) is 11.6 Å². The summed E-state index contributed by atoms with van der Waals surface area (Å²) in [5.41, 5.74) is 0.891. The molecule has 116 valence electrons. The molecule has 9 heteroatoms. The Bertz CT molecular complexity index is 704. The normalized spacial score (nSPS) is 14.1. The van der Waals surface area contributed by atoms with E-state index >= 15 is 0 Å². The maximum Gasteiger partial charge on any atom is 0.292 e. The van der Waals surface area contributed by atoms with Crippen LogP contribution in [0.1, 0.15) is 33.9 Å². The van der Waals surface area contributed by atoms with E-state index in [1.807, 2.05) is 0 Å². The van der Waals surface area contributed by atoms with Gasteiger partial charge < -0.3 is 14.1 Å². The first-order valence-corrected chi connectivity index (χ1v) is 6.50. The molecule has 22 heavy (non-hydrogen) atoms. The molecule has 1 aliphatic rings. The van der Waals surface area contributed by atoms with Crippen LogP contribution in [0.15, 0.2) is 16.9 Å². The lowest BCUT2D eigenvalue weighted by Crippen LogP contribution is -2.36. The summed E-state index contributed by atoms with van der Waals surface area (Å²) in [6.45, 7) is 0.569. The van der Waals surface area contributed by atoms with Gasteiger partial charge in [0.25, 0.3) is 12.3 Å². The highest BCUT2D eigenvalue weighted by Crippen LogP contribution is 2.25. The molecular formula is C13H12F2N4O3. The topological polar surface area (TPSA) is 81.4 Å². The summed E-state index contributed by atoms with van der Waals surface area (Å²) < 4.78 is 35.4. The van der Waals surface area contributed by atoms with E-state index in [0.717, 1.165) is 17.7 Å². The number of aromatic nitrogens is 3. The number of fused-ring (bicyclic) bond motifs is 1. The van der Waals surface area contributed by atoms with Crippen LogP contribution in [0.5, 0.6) is 5.88 Å². The van der Waals surface area contributed by atoms with Gasteiger partial charge in [-0.3, -0.25) is 4.79 Å². The molecule has 7 nitrogen and oxygen atoms in total. The first-order valence-electron chi connectivity index (χ1n) is 6.50. The Hall–Kier alpha value is -2.58. The molecule has 0 atom stereocenters. The minimum absolute atomic E-state index is 0.226. The Morgan fingerprint density at radius 1 is 1.45 bits per heavy atom. The van der Waals surface area contributed by atoms with Gasteiger partial charge >= 0.3 is 0 Å². The molecule has 0 saturated carbocycles. The van der Waals surface area contributed by atoms with Crippen LogP contribution in [0.3, 0.4) is 0 Å². The zero-order chi connectivity index (χ0) is 15.7. The fraction of sp³-hybridized carbons (Fsp3) is 0.385. The van der Waals surface area contributed by atoms with Crippen molar-refractivity contribution in [3.63, 3.8) is 0 Å². The number of oxazole rings is 1. The number of alkyl halides is 2. The van der Waals surface area contributed by atoms with Crippen LogP contribution in [-0.2, 0) is 13.0 Å². The molecule has 3 heterocycles. The lowest BCUT2D eigenvalue weighted by Gasteiger charge is -2.27. The standard InChI is InChI=1S/C13H12F2N4O3/c1-21-9-4-7-5-19(3-2-8(7)17-18-9)13(20)11-10(12(14)15)16-6-22-11/h4,6,12H,2-3,5H2,1H3. The van der Waals surface area contributed by atoms with Crippen molar-refractivity contribution in [2.24, 2.45) is 0 Å². The fourth-order valence-electron chi connectivity index (χ4n) is 2.30. The zero-order valence-corrected chi connectivity index (χ0v) is 11.6. The van der Waals surface area contributed by atoms with Gasteiger partial charge in [-0.05, 0) is 0 Å². The van der Waals surface area contributed by atoms with Gasteiger partial charge in [0.05, 0.1) is 12.8 Å². The molecule has 0 fully saturated rings. The van der Waals surface area contributed by atoms with Crippen LogP contribution in [0.4, 0.5) is 8.78 Å². The predicted molar refractivity (Wildman–Crippen MR) is 68.5 cm³/mol. The Morgan fingerprint density at radius 2 is 2.27 bits per heavy atom. The smallest absolute Gasteiger partial charge is 0.292 e. The van der Waals surface area contributed by atoms with Crippen LogP contribution in [0.25, 0.3) is 0 Å². The molecule has 0 aromatic carbocycles. The van der Waals surface area contributed by atoms with Crippen LogP contribution in [-0.4, -0.2) is 39.6 Å². The van der Waals surface area contributed by atoms with Crippen LogP contribution < -0.4 is 4.74 Å². The number of halogens is 2. The maximum atomic E-state index is 12.8. The molecule has 1 amide bonds. The molecule has 0 spiro atoms. The molecule has 0 bridgehead atoms. The Balaban J connectivity index is 1.84. The first-order chi connectivity index (χ1) is 10.6. The molecule has 0 N–H and O–H groups in total. The van der Waals surface area contributed by atoms with Gasteiger partial charge in [-0.15, -0.1) is 5.10 Å². The number of carbonyl (C=O) groups excluding carboxylic acids is 1. The van der Waals surface area contributed by atoms with Crippen LogP contribution in [0, 0.1) is 0 Å². The Morgan fingerprint density at radius 3 is 3.00 bits per heavy atom. The summed E-state index contributed by atoms with van der Waals surface area (Å²) >= 11 is 0. The third kappa shape index (κ3) is 2.49. The molecule has 0 radical (unpaired) electrons. The Labute approximate surface area is 123 Å². The van der Waals surface area contributed by atoms with Gasteiger partial charge in [-0.1, -0.05) is 0 Å². The highest BCUT2D eigenvalue weighted by atomic mass is 19.3. The third-order valence-corrected chi connectivity index (χ3v) is 3.41. The summed E-state index contributed by atoms with van der Waals surface area (Å²) in [6, 6.07) is 1.68. The van der Waals surface area contributed by atoms with E-state index in [0.29, 0.717) is 18.8 Å². The molecule has 3 rings (SSSR count). The lowest BCUT2D eigenvalue weighted by molar-refractivity contribution is 0.0684. The van der Waals surface area contributed by atoms with Gasteiger partial charge in [0, 0.05) is 31.1 Å². The first kappa shape index (κ1) is 14.4. The van der Waals surface area contributed by atoms with Crippen molar-refractivity contribution in [3.8, 4) is 5.88 Å². The fourth-order valence-corrected chi connectivity index (χ4v) is 2.30. The zero-order valence-electron chi connectivity index (χ0n) is 11.6. The average Bonchev–Trinajstić information content (AvgIpc) is 3.02. The molecule has 0 unspecified atom stereocenters. The van der Waals surface area contributed by atoms with E-state index < -0.39 is 23.8 Å². The summed E-state index contributed by atoms with van der Waals surface area (Å²) in [5, 5.41) is 7.89. The van der Waals surface area contributed by atoms with Crippen LogP contribution >= 0.6 is 0 Å². The molecule has 2 aromatic heterocycles. The van der Waals surface area contributed by atoms with E-state index in [-0.39, 0.29) is 6.54 Å².